The maximum atomic E-state index is 2.58. The lowest BCUT2D eigenvalue weighted by atomic mass is 10.4. The Kier molecular flexibility index (Phi) is 5.99. The maximum absolute atomic E-state index is 2.58. The van der Waals surface area contributed by atoms with E-state index in [4.69, 9.17) is 0 Å². The van der Waals surface area contributed by atoms with Gasteiger partial charge in [0.2, 0.25) is 0 Å². The van der Waals surface area contributed by atoms with E-state index < -0.39 is 8.24 Å². The van der Waals surface area contributed by atoms with Crippen LogP contribution in [0.25, 0.3) is 0 Å². The number of rotatable bonds is 6. The van der Waals surface area contributed by atoms with Gasteiger partial charge in [-0.25, -0.2) is 0 Å². The van der Waals surface area contributed by atoms with Crippen molar-refractivity contribution >= 4 is 8.24 Å². The lowest BCUT2D eigenvalue weighted by Gasteiger charge is -2.45. The van der Waals surface area contributed by atoms with Gasteiger partial charge in [0.25, 0.3) is 0 Å². The zero-order valence-corrected chi connectivity index (χ0v) is 12.2. The Morgan fingerprint density at radius 1 is 1.00 bits per heavy atom. The Morgan fingerprint density at radius 3 is 1.64 bits per heavy atom. The van der Waals surface area contributed by atoms with Crippen molar-refractivity contribution in [1.29, 1.82) is 0 Å². The van der Waals surface area contributed by atoms with Gasteiger partial charge in [0.1, 0.15) is 8.24 Å². The Balaban J connectivity index is 4.76. The number of hydrogen-bond donors (Lipinski definition) is 0. The lowest BCUT2D eigenvalue weighted by molar-refractivity contribution is 0.555. The largest absolute Gasteiger partial charge is 0.328 e. The molecule has 86 valence electrons. The molecule has 0 saturated heterocycles. The first-order valence-electron chi connectivity index (χ1n) is 6.07. The molecule has 0 aromatic heterocycles. The van der Waals surface area contributed by atoms with Crippen LogP contribution < -0.4 is 0 Å². The molecule has 0 saturated carbocycles. The molecule has 1 nitrogen and oxygen atoms in total. The highest BCUT2D eigenvalue weighted by molar-refractivity contribution is 6.79. The summed E-state index contributed by atoms with van der Waals surface area (Å²) >= 11 is 0. The molecule has 0 aliphatic heterocycles. The Bertz CT molecular complexity index is 131. The summed E-state index contributed by atoms with van der Waals surface area (Å²) in [7, 11) is 3.37. The van der Waals surface area contributed by atoms with E-state index in [-0.39, 0.29) is 0 Å². The molecule has 0 rings (SSSR count). The van der Waals surface area contributed by atoms with Gasteiger partial charge in [0, 0.05) is 0 Å². The van der Waals surface area contributed by atoms with Gasteiger partial charge in [-0.15, -0.1) is 0 Å². The van der Waals surface area contributed by atoms with Crippen molar-refractivity contribution in [2.24, 2.45) is 0 Å². The van der Waals surface area contributed by atoms with E-state index in [1.54, 1.807) is 0 Å². The zero-order chi connectivity index (χ0) is 11.4. The predicted octanol–water partition coefficient (Wildman–Crippen LogP) is 4.11. The fourth-order valence-electron chi connectivity index (χ4n) is 2.96. The number of unbranched alkanes of at least 4 members (excludes halogenated alkanes) is 1. The third kappa shape index (κ3) is 2.83. The molecule has 0 aliphatic carbocycles. The molecule has 0 fully saturated rings. The quantitative estimate of drug-likeness (QED) is 0.603. The van der Waals surface area contributed by atoms with Crippen LogP contribution in [0.2, 0.25) is 17.1 Å². The molecular formula is C12H29NSi. The molecule has 14 heavy (non-hydrogen) atoms. The highest BCUT2D eigenvalue weighted by Gasteiger charge is 2.41. The normalized spacial score (nSPS) is 13.3. The third-order valence-electron chi connectivity index (χ3n) is 3.76. The van der Waals surface area contributed by atoms with E-state index in [0.717, 1.165) is 11.1 Å². The van der Waals surface area contributed by atoms with Crippen molar-refractivity contribution in [2.45, 2.75) is 64.6 Å². The summed E-state index contributed by atoms with van der Waals surface area (Å²) in [6.07, 6.45) is 2.74. The summed E-state index contributed by atoms with van der Waals surface area (Å²) in [5, 5.41) is 0. The third-order valence-corrected chi connectivity index (χ3v) is 10.6. The van der Waals surface area contributed by atoms with Gasteiger partial charge in [-0.1, -0.05) is 47.5 Å². The molecule has 0 aromatic rings. The van der Waals surface area contributed by atoms with E-state index >= 15 is 0 Å². The molecule has 0 spiro atoms. The van der Waals surface area contributed by atoms with Crippen LogP contribution in [0.1, 0.15) is 47.5 Å². The fourth-order valence-corrected chi connectivity index (χ4v) is 8.88. The minimum absolute atomic E-state index is 0.865. The van der Waals surface area contributed by atoms with Crippen LogP contribution in [0.15, 0.2) is 0 Å². The van der Waals surface area contributed by atoms with Crippen LogP contribution in [-0.2, 0) is 0 Å². The first kappa shape index (κ1) is 14.2. The van der Waals surface area contributed by atoms with Crippen LogP contribution in [0.5, 0.6) is 0 Å². The smallest absolute Gasteiger partial charge is 0.133 e. The van der Waals surface area contributed by atoms with Crippen molar-refractivity contribution in [3.8, 4) is 0 Å². The molecule has 0 atom stereocenters. The van der Waals surface area contributed by atoms with Crippen molar-refractivity contribution in [1.82, 2.24) is 4.57 Å². The van der Waals surface area contributed by atoms with Crippen LogP contribution in [-0.4, -0.2) is 26.9 Å². The zero-order valence-electron chi connectivity index (χ0n) is 11.2. The summed E-state index contributed by atoms with van der Waals surface area (Å²) in [6, 6.07) is 1.46. The van der Waals surface area contributed by atoms with E-state index in [0.29, 0.717) is 0 Å². The second kappa shape index (κ2) is 5.91. The van der Waals surface area contributed by atoms with Crippen molar-refractivity contribution in [3.05, 3.63) is 0 Å². The highest BCUT2D eigenvalue weighted by Crippen LogP contribution is 2.38. The van der Waals surface area contributed by atoms with Gasteiger partial charge < -0.3 is 4.57 Å². The molecule has 0 unspecified atom stereocenters. The summed E-state index contributed by atoms with van der Waals surface area (Å²) in [6.45, 7) is 12.0. The van der Waals surface area contributed by atoms with Gasteiger partial charge in [0.15, 0.2) is 0 Å². The first-order chi connectivity index (χ1) is 6.39. The molecule has 2 heteroatoms. The van der Waals surface area contributed by atoms with Crippen molar-refractivity contribution < 1.29 is 0 Å². The van der Waals surface area contributed by atoms with Crippen molar-refractivity contribution in [2.75, 3.05) is 14.1 Å². The maximum Gasteiger partial charge on any atom is 0.133 e. The molecule has 0 bridgehead atoms. The van der Waals surface area contributed by atoms with Crippen LogP contribution in [0.4, 0.5) is 0 Å². The van der Waals surface area contributed by atoms with Crippen LogP contribution in [0, 0.1) is 0 Å². The second-order valence-electron chi connectivity index (χ2n) is 5.30. The Hall–Kier alpha value is 0.177. The molecule has 0 amide bonds. The van der Waals surface area contributed by atoms with Gasteiger partial charge in [-0.05, 0) is 31.2 Å². The minimum atomic E-state index is -1.22. The fraction of sp³-hybridized carbons (Fsp3) is 1.00. The van der Waals surface area contributed by atoms with Crippen LogP contribution in [0.3, 0.4) is 0 Å². The summed E-state index contributed by atoms with van der Waals surface area (Å²) in [5.41, 5.74) is 1.73. The molecule has 0 radical (unpaired) electrons. The molecule has 0 heterocycles. The summed E-state index contributed by atoms with van der Waals surface area (Å²) in [5.74, 6) is 0. The molecule has 0 aromatic carbocycles. The monoisotopic (exact) mass is 215 g/mol. The highest BCUT2D eigenvalue weighted by atomic mass is 28.3. The first-order valence-corrected chi connectivity index (χ1v) is 8.37. The molecule has 0 N–H and O–H groups in total. The number of nitrogens with zero attached hydrogens (tertiary/aromatic N) is 1. The van der Waals surface area contributed by atoms with Gasteiger partial charge >= 0.3 is 0 Å². The predicted molar refractivity (Wildman–Crippen MR) is 69.4 cm³/mol. The summed E-state index contributed by atoms with van der Waals surface area (Å²) in [4.78, 5) is 0. The average molecular weight is 215 g/mol. The summed E-state index contributed by atoms with van der Waals surface area (Å²) < 4.78 is 2.58. The average Bonchev–Trinajstić information content (AvgIpc) is 2.03. The van der Waals surface area contributed by atoms with E-state index in [9.17, 15) is 0 Å². The van der Waals surface area contributed by atoms with E-state index in [2.05, 4.69) is 53.3 Å². The van der Waals surface area contributed by atoms with Gasteiger partial charge in [0.05, 0.1) is 0 Å². The lowest BCUT2D eigenvalue weighted by Crippen LogP contribution is -2.54. The molecular weight excluding hydrogens is 186 g/mol. The van der Waals surface area contributed by atoms with Crippen LogP contribution >= 0.6 is 0 Å². The van der Waals surface area contributed by atoms with E-state index in [1.165, 1.54) is 18.9 Å². The van der Waals surface area contributed by atoms with Gasteiger partial charge in [-0.2, -0.15) is 0 Å². The SMILES string of the molecule is CCCC[Si](C(C)C)(C(C)C)N(C)C. The topological polar surface area (TPSA) is 3.24 Å². The van der Waals surface area contributed by atoms with Gasteiger partial charge in [-0.3, -0.25) is 0 Å². The van der Waals surface area contributed by atoms with E-state index in [1.807, 2.05) is 0 Å². The molecule has 0 aliphatic rings. The second-order valence-corrected chi connectivity index (χ2v) is 11.0. The standard InChI is InChI=1S/C12H29NSi/c1-8-9-10-14(11(2)3,12(4)5)13(6)7/h11-12H,8-10H2,1-7H3. The Morgan fingerprint density at radius 2 is 1.43 bits per heavy atom. The Labute approximate surface area is 92.0 Å². The van der Waals surface area contributed by atoms with Crippen molar-refractivity contribution in [3.63, 3.8) is 0 Å². The minimum Gasteiger partial charge on any atom is -0.328 e. The number of hydrogen-bond acceptors (Lipinski definition) is 1.